The minimum Gasteiger partial charge on any atom is -0.497 e. The molecule has 0 bridgehead atoms. The molecule has 0 unspecified atom stereocenters. The lowest BCUT2D eigenvalue weighted by Crippen LogP contribution is -2.29. The van der Waals surface area contributed by atoms with Crippen LogP contribution < -0.4 is 14.8 Å². The highest BCUT2D eigenvalue weighted by molar-refractivity contribution is 5.96. The molecule has 0 saturated carbocycles. The number of methoxy groups -OCH3 is 2. The number of esters is 1. The highest BCUT2D eigenvalue weighted by atomic mass is 16.5. The lowest BCUT2D eigenvalue weighted by molar-refractivity contribution is -0.148. The maximum atomic E-state index is 12.2. The molecule has 2 rings (SSSR count). The molecule has 1 amide bonds. The molecule has 0 heterocycles. The Hall–Kier alpha value is -3.28. The maximum Gasteiger partial charge on any atom is 0.331 e. The minimum absolute atomic E-state index is 0.395. The van der Waals surface area contributed by atoms with Crippen molar-refractivity contribution >= 4 is 23.6 Å². The Bertz CT molecular complexity index is 843. The highest BCUT2D eigenvalue weighted by Crippen LogP contribution is 2.25. The van der Waals surface area contributed by atoms with Gasteiger partial charge in [-0.15, -0.1) is 0 Å². The summed E-state index contributed by atoms with van der Waals surface area (Å²) < 4.78 is 15.6. The predicted molar refractivity (Wildman–Crippen MR) is 109 cm³/mol. The zero-order valence-corrected chi connectivity index (χ0v) is 16.5. The van der Waals surface area contributed by atoms with E-state index in [4.69, 9.17) is 14.2 Å². The van der Waals surface area contributed by atoms with Crippen LogP contribution >= 0.6 is 0 Å². The van der Waals surface area contributed by atoms with Gasteiger partial charge in [-0.1, -0.05) is 19.1 Å². The van der Waals surface area contributed by atoms with Gasteiger partial charge < -0.3 is 19.5 Å². The lowest BCUT2D eigenvalue weighted by Gasteiger charge is -2.12. The zero-order chi connectivity index (χ0) is 20.5. The van der Waals surface area contributed by atoms with E-state index in [2.05, 4.69) is 12.2 Å². The predicted octanol–water partition coefficient (Wildman–Crippen LogP) is 3.85. The van der Waals surface area contributed by atoms with Gasteiger partial charge in [-0.05, 0) is 49.2 Å². The molecule has 0 radical (unpaired) electrons. The molecular weight excluding hydrogens is 358 g/mol. The summed E-state index contributed by atoms with van der Waals surface area (Å²) in [5.74, 6) is 0.188. The van der Waals surface area contributed by atoms with E-state index < -0.39 is 18.0 Å². The average molecular weight is 383 g/mol. The summed E-state index contributed by atoms with van der Waals surface area (Å²) in [6.07, 6.45) is 2.81. The third-order valence-corrected chi connectivity index (χ3v) is 4.13. The first-order valence-electron chi connectivity index (χ1n) is 8.97. The first kappa shape index (κ1) is 21.0. The second-order valence-electron chi connectivity index (χ2n) is 6.06. The fourth-order valence-electron chi connectivity index (χ4n) is 2.45. The molecule has 28 heavy (non-hydrogen) atoms. The molecule has 0 fully saturated rings. The van der Waals surface area contributed by atoms with Gasteiger partial charge in [0.05, 0.1) is 14.2 Å². The van der Waals surface area contributed by atoms with Crippen molar-refractivity contribution in [3.63, 3.8) is 0 Å². The minimum atomic E-state index is -0.930. The Balaban J connectivity index is 1.94. The molecular formula is C22H25NO5. The number of anilines is 1. The monoisotopic (exact) mass is 383 g/mol. The van der Waals surface area contributed by atoms with Crippen LogP contribution in [0, 0.1) is 0 Å². The molecule has 2 aromatic carbocycles. The van der Waals surface area contributed by atoms with Crippen LogP contribution in [0.15, 0.2) is 48.5 Å². The molecule has 0 aromatic heterocycles. The second-order valence-corrected chi connectivity index (χ2v) is 6.06. The normalized spacial score (nSPS) is 11.7. The van der Waals surface area contributed by atoms with E-state index in [-0.39, 0.29) is 0 Å². The van der Waals surface area contributed by atoms with Gasteiger partial charge in [0, 0.05) is 23.4 Å². The lowest BCUT2D eigenvalue weighted by atomic mass is 10.1. The van der Waals surface area contributed by atoms with Crippen molar-refractivity contribution in [2.24, 2.45) is 0 Å². The van der Waals surface area contributed by atoms with Gasteiger partial charge >= 0.3 is 5.97 Å². The number of ether oxygens (including phenoxy) is 3. The number of carbonyl (C=O) groups excluding carboxylic acids is 2. The number of amides is 1. The first-order chi connectivity index (χ1) is 13.5. The largest absolute Gasteiger partial charge is 0.497 e. The van der Waals surface area contributed by atoms with Gasteiger partial charge in [-0.25, -0.2) is 4.79 Å². The summed E-state index contributed by atoms with van der Waals surface area (Å²) in [4.78, 5) is 24.2. The SMILES string of the molecule is CCc1ccc(NC(=O)[C@@H](C)OC(=O)/C=C/c2ccc(OC)cc2OC)cc1. The fourth-order valence-corrected chi connectivity index (χ4v) is 2.45. The molecule has 6 heteroatoms. The number of aryl methyl sites for hydroxylation is 1. The van der Waals surface area contributed by atoms with Crippen molar-refractivity contribution in [3.05, 3.63) is 59.7 Å². The van der Waals surface area contributed by atoms with Crippen LogP contribution in [-0.2, 0) is 20.7 Å². The van der Waals surface area contributed by atoms with Crippen LogP contribution in [0.25, 0.3) is 6.08 Å². The summed E-state index contributed by atoms with van der Waals surface area (Å²) in [7, 11) is 3.09. The molecule has 0 spiro atoms. The van der Waals surface area contributed by atoms with Crippen molar-refractivity contribution in [2.75, 3.05) is 19.5 Å². The average Bonchev–Trinajstić information content (AvgIpc) is 2.72. The summed E-state index contributed by atoms with van der Waals surface area (Å²) in [5, 5.41) is 2.73. The number of hydrogen-bond acceptors (Lipinski definition) is 5. The molecule has 0 aliphatic heterocycles. The van der Waals surface area contributed by atoms with E-state index in [1.54, 1.807) is 31.4 Å². The number of hydrogen-bond donors (Lipinski definition) is 1. The Kier molecular flexibility index (Phi) is 7.63. The first-order valence-corrected chi connectivity index (χ1v) is 8.97. The van der Waals surface area contributed by atoms with Crippen molar-refractivity contribution in [3.8, 4) is 11.5 Å². The second kappa shape index (κ2) is 10.2. The molecule has 6 nitrogen and oxygen atoms in total. The van der Waals surface area contributed by atoms with Crippen molar-refractivity contribution in [1.29, 1.82) is 0 Å². The summed E-state index contributed by atoms with van der Waals surface area (Å²) in [6.45, 7) is 3.58. The number of benzene rings is 2. The summed E-state index contributed by atoms with van der Waals surface area (Å²) in [6, 6.07) is 12.8. The van der Waals surface area contributed by atoms with Gasteiger partial charge in [0.15, 0.2) is 6.10 Å². The fraction of sp³-hybridized carbons (Fsp3) is 0.273. The molecule has 1 atom stereocenters. The molecule has 0 aliphatic carbocycles. The van der Waals surface area contributed by atoms with Crippen LogP contribution in [-0.4, -0.2) is 32.2 Å². The number of nitrogens with one attached hydrogen (secondary N) is 1. The third-order valence-electron chi connectivity index (χ3n) is 4.13. The Morgan fingerprint density at radius 3 is 2.39 bits per heavy atom. The Morgan fingerprint density at radius 1 is 1.07 bits per heavy atom. The molecule has 148 valence electrons. The van der Waals surface area contributed by atoms with E-state index in [1.165, 1.54) is 25.7 Å². The van der Waals surface area contributed by atoms with Crippen molar-refractivity contribution < 1.29 is 23.8 Å². The van der Waals surface area contributed by atoms with Crippen LogP contribution in [0.3, 0.4) is 0 Å². The quantitative estimate of drug-likeness (QED) is 0.554. The highest BCUT2D eigenvalue weighted by Gasteiger charge is 2.16. The van der Waals surface area contributed by atoms with Gasteiger partial charge in [0.1, 0.15) is 11.5 Å². The van der Waals surface area contributed by atoms with E-state index >= 15 is 0 Å². The van der Waals surface area contributed by atoms with Gasteiger partial charge in [0.2, 0.25) is 0 Å². The van der Waals surface area contributed by atoms with Crippen molar-refractivity contribution in [2.45, 2.75) is 26.4 Å². The van der Waals surface area contributed by atoms with Gasteiger partial charge in [-0.3, -0.25) is 4.79 Å². The smallest absolute Gasteiger partial charge is 0.331 e. The molecule has 1 N–H and O–H groups in total. The van der Waals surface area contributed by atoms with Crippen molar-refractivity contribution in [1.82, 2.24) is 0 Å². The number of carbonyl (C=O) groups is 2. The van der Waals surface area contributed by atoms with E-state index in [9.17, 15) is 9.59 Å². The van der Waals surface area contributed by atoms with Crippen LogP contribution in [0.2, 0.25) is 0 Å². The van der Waals surface area contributed by atoms with Gasteiger partial charge in [0.25, 0.3) is 5.91 Å². The van der Waals surface area contributed by atoms with E-state index in [0.29, 0.717) is 22.7 Å². The van der Waals surface area contributed by atoms with E-state index in [0.717, 1.165) is 6.42 Å². The van der Waals surface area contributed by atoms with E-state index in [1.807, 2.05) is 24.3 Å². The topological polar surface area (TPSA) is 73.9 Å². The Labute approximate surface area is 165 Å². The Morgan fingerprint density at radius 2 is 1.79 bits per heavy atom. The van der Waals surface area contributed by atoms with Crippen LogP contribution in [0.5, 0.6) is 11.5 Å². The molecule has 2 aromatic rings. The van der Waals surface area contributed by atoms with Crippen LogP contribution in [0.4, 0.5) is 5.69 Å². The summed E-state index contributed by atoms with van der Waals surface area (Å²) in [5.41, 5.74) is 2.52. The van der Waals surface area contributed by atoms with Crippen LogP contribution in [0.1, 0.15) is 25.0 Å². The third kappa shape index (κ3) is 5.87. The standard InChI is InChI=1S/C22H25NO5/c1-5-16-6-10-18(11-7-16)23-22(25)15(2)28-21(24)13-9-17-8-12-19(26-3)14-20(17)27-4/h6-15H,5H2,1-4H3,(H,23,25)/b13-9+/t15-/m1/s1. The number of rotatable bonds is 8. The maximum absolute atomic E-state index is 12.2. The molecule has 0 saturated heterocycles. The van der Waals surface area contributed by atoms with Gasteiger partial charge in [-0.2, -0.15) is 0 Å². The zero-order valence-electron chi connectivity index (χ0n) is 16.5. The molecule has 0 aliphatic rings. The summed E-state index contributed by atoms with van der Waals surface area (Å²) >= 11 is 0.